The van der Waals surface area contributed by atoms with E-state index in [2.05, 4.69) is 41.5 Å². The largest absolute Gasteiger partial charge is 0.459 e. The molecule has 2 N–H and O–H groups in total. The highest BCUT2D eigenvalue weighted by Crippen LogP contribution is 2.64. The highest BCUT2D eigenvalue weighted by Gasteiger charge is 2.60. The summed E-state index contributed by atoms with van der Waals surface area (Å²) in [6, 6.07) is 0.273. The van der Waals surface area contributed by atoms with Crippen LogP contribution in [0, 0.1) is 52.8 Å². The first kappa shape index (κ1) is 23.6. The Morgan fingerprint density at radius 2 is 1.87 bits per heavy atom. The zero-order valence-electron chi connectivity index (χ0n) is 21.2. The van der Waals surface area contributed by atoms with Crippen LogP contribution in [0.4, 0.5) is 0 Å². The van der Waals surface area contributed by atoms with Gasteiger partial charge in [0.15, 0.2) is 0 Å². The Labute approximate surface area is 191 Å². The Kier molecular flexibility index (Phi) is 6.58. The van der Waals surface area contributed by atoms with Crippen LogP contribution in [-0.4, -0.2) is 17.6 Å². The Morgan fingerprint density at radius 1 is 1.13 bits per heavy atom. The molecular formula is C28H49NO2. The zero-order valence-corrected chi connectivity index (χ0v) is 21.2. The molecule has 0 saturated heterocycles. The lowest BCUT2D eigenvalue weighted by atomic mass is 9.68. The first-order valence-electron chi connectivity index (χ1n) is 13.5. The van der Waals surface area contributed by atoms with Gasteiger partial charge >= 0.3 is 5.97 Å². The van der Waals surface area contributed by atoms with Crippen LogP contribution in [0.25, 0.3) is 0 Å². The minimum Gasteiger partial charge on any atom is -0.459 e. The van der Waals surface area contributed by atoms with Crippen LogP contribution in [-0.2, 0) is 9.53 Å². The number of fused-ring (bicyclic) bond motifs is 5. The molecule has 31 heavy (non-hydrogen) atoms. The van der Waals surface area contributed by atoms with Crippen molar-refractivity contribution in [2.24, 2.45) is 58.5 Å². The summed E-state index contributed by atoms with van der Waals surface area (Å²) in [6.45, 7) is 13.7. The van der Waals surface area contributed by atoms with Crippen molar-refractivity contribution in [2.75, 3.05) is 0 Å². The maximum absolute atomic E-state index is 13.4. The molecule has 0 aromatic rings. The number of carbonyl (C=O) groups excluding carboxylic acids is 1. The van der Waals surface area contributed by atoms with E-state index >= 15 is 0 Å². The fourth-order valence-corrected chi connectivity index (χ4v) is 8.33. The Hall–Kier alpha value is -0.570. The van der Waals surface area contributed by atoms with Gasteiger partial charge in [-0.1, -0.05) is 53.9 Å². The number of ether oxygens (including phenoxy) is 1. The van der Waals surface area contributed by atoms with Gasteiger partial charge < -0.3 is 10.5 Å². The monoisotopic (exact) mass is 431 g/mol. The van der Waals surface area contributed by atoms with Gasteiger partial charge in [-0.2, -0.15) is 0 Å². The third-order valence-electron chi connectivity index (χ3n) is 10.4. The van der Waals surface area contributed by atoms with E-state index in [-0.39, 0.29) is 28.9 Å². The van der Waals surface area contributed by atoms with Crippen LogP contribution in [0.2, 0.25) is 0 Å². The fourth-order valence-electron chi connectivity index (χ4n) is 8.33. The van der Waals surface area contributed by atoms with Crippen LogP contribution in [0.1, 0.15) is 106 Å². The summed E-state index contributed by atoms with van der Waals surface area (Å²) in [6.07, 6.45) is 12.3. The molecule has 2 bridgehead atoms. The van der Waals surface area contributed by atoms with Gasteiger partial charge in [-0.3, -0.25) is 4.79 Å². The number of rotatable bonds is 6. The molecular weight excluding hydrogens is 382 g/mol. The van der Waals surface area contributed by atoms with Gasteiger partial charge in [0.25, 0.3) is 0 Å². The van der Waals surface area contributed by atoms with Crippen molar-refractivity contribution in [3.8, 4) is 0 Å². The fraction of sp³-hybridized carbons (Fsp3) is 0.964. The predicted molar refractivity (Wildman–Crippen MR) is 127 cm³/mol. The van der Waals surface area contributed by atoms with Crippen LogP contribution < -0.4 is 5.73 Å². The van der Waals surface area contributed by atoms with E-state index in [1.165, 1.54) is 51.4 Å². The lowest BCUT2D eigenvalue weighted by Gasteiger charge is -2.44. The number of hydrogen-bond donors (Lipinski definition) is 1. The number of hydrogen-bond acceptors (Lipinski definition) is 3. The average Bonchev–Trinajstić information content (AvgIpc) is 3.39. The van der Waals surface area contributed by atoms with Crippen molar-refractivity contribution in [3.63, 3.8) is 0 Å². The van der Waals surface area contributed by atoms with Crippen LogP contribution in [0.3, 0.4) is 0 Å². The lowest BCUT2D eigenvalue weighted by Crippen LogP contribution is -2.47. The molecule has 4 rings (SSSR count). The molecule has 10 unspecified atom stereocenters. The first-order chi connectivity index (χ1) is 14.5. The number of unbranched alkanes of at least 4 members (excludes halogenated alkanes) is 1. The van der Waals surface area contributed by atoms with E-state index in [0.29, 0.717) is 29.6 Å². The molecule has 0 heterocycles. The molecule has 0 aliphatic heterocycles. The Bertz CT molecular complexity index is 654. The molecule has 178 valence electrons. The maximum atomic E-state index is 13.4. The van der Waals surface area contributed by atoms with Gasteiger partial charge in [-0.15, -0.1) is 0 Å². The van der Waals surface area contributed by atoms with Crippen molar-refractivity contribution in [1.29, 1.82) is 0 Å². The van der Waals surface area contributed by atoms with Crippen LogP contribution >= 0.6 is 0 Å². The highest BCUT2D eigenvalue weighted by atomic mass is 16.6. The summed E-state index contributed by atoms with van der Waals surface area (Å²) in [5.41, 5.74) is 6.66. The number of esters is 1. The number of nitrogens with two attached hydrogens (primary N) is 1. The molecule has 3 nitrogen and oxygen atoms in total. The smallest absolute Gasteiger partial charge is 0.309 e. The zero-order chi connectivity index (χ0) is 22.6. The van der Waals surface area contributed by atoms with Crippen molar-refractivity contribution in [3.05, 3.63) is 0 Å². The SMILES string of the molecule is CCCCC1CCC(C)(OC(=O)C2CC3CC2C2CCC(C(N)C(C)(C)C)C32)C(C)C1. The summed E-state index contributed by atoms with van der Waals surface area (Å²) in [5.74, 6) is 4.95. The van der Waals surface area contributed by atoms with E-state index in [0.717, 1.165) is 24.7 Å². The summed E-state index contributed by atoms with van der Waals surface area (Å²) in [5, 5.41) is 0. The van der Waals surface area contributed by atoms with Crippen LogP contribution in [0.5, 0.6) is 0 Å². The lowest BCUT2D eigenvalue weighted by molar-refractivity contribution is -0.176. The van der Waals surface area contributed by atoms with Gasteiger partial charge in [-0.25, -0.2) is 0 Å². The van der Waals surface area contributed by atoms with E-state index in [4.69, 9.17) is 10.5 Å². The Balaban J connectivity index is 1.36. The van der Waals surface area contributed by atoms with Gasteiger partial charge in [0.05, 0.1) is 5.92 Å². The molecule has 4 aliphatic carbocycles. The third-order valence-corrected chi connectivity index (χ3v) is 10.4. The molecule has 0 amide bonds. The summed E-state index contributed by atoms with van der Waals surface area (Å²) >= 11 is 0. The molecule has 10 atom stereocenters. The molecule has 4 aliphatic rings. The van der Waals surface area contributed by atoms with Crippen molar-refractivity contribution < 1.29 is 9.53 Å². The molecule has 4 saturated carbocycles. The third kappa shape index (κ3) is 4.34. The molecule has 0 radical (unpaired) electrons. The Morgan fingerprint density at radius 3 is 2.52 bits per heavy atom. The second-order valence-electron chi connectivity index (χ2n) is 13.3. The normalized spacial score (nSPS) is 45.5. The molecule has 0 aromatic heterocycles. The topological polar surface area (TPSA) is 52.3 Å². The minimum absolute atomic E-state index is 0.135. The second kappa shape index (κ2) is 8.65. The standard InChI is InChI=1S/C28H49NO2/c1-7-8-9-18-12-13-28(6,17(2)14-18)31-26(30)23-16-19-15-22(23)20-10-11-21(24(19)20)25(29)27(3,4)5/h17-25H,7-16,29H2,1-6H3. The van der Waals surface area contributed by atoms with E-state index < -0.39 is 0 Å². The van der Waals surface area contributed by atoms with Gasteiger partial charge in [-0.05, 0) is 98.7 Å². The van der Waals surface area contributed by atoms with Crippen molar-refractivity contribution in [2.45, 2.75) is 117 Å². The minimum atomic E-state index is -0.256. The van der Waals surface area contributed by atoms with Crippen molar-refractivity contribution >= 4 is 5.97 Å². The van der Waals surface area contributed by atoms with Crippen molar-refractivity contribution in [1.82, 2.24) is 0 Å². The summed E-state index contributed by atoms with van der Waals surface area (Å²) < 4.78 is 6.39. The summed E-state index contributed by atoms with van der Waals surface area (Å²) in [7, 11) is 0. The van der Waals surface area contributed by atoms with E-state index in [1.807, 2.05) is 0 Å². The molecule has 0 spiro atoms. The first-order valence-corrected chi connectivity index (χ1v) is 13.5. The predicted octanol–water partition coefficient (Wildman–Crippen LogP) is 6.59. The van der Waals surface area contributed by atoms with Crippen LogP contribution in [0.15, 0.2) is 0 Å². The van der Waals surface area contributed by atoms with Gasteiger partial charge in [0.2, 0.25) is 0 Å². The van der Waals surface area contributed by atoms with E-state index in [9.17, 15) is 4.79 Å². The molecule has 3 heteroatoms. The van der Waals surface area contributed by atoms with E-state index in [1.54, 1.807) is 0 Å². The molecule has 0 aromatic carbocycles. The molecule has 4 fully saturated rings. The quantitative estimate of drug-likeness (QED) is 0.483. The van der Waals surface area contributed by atoms with Gasteiger partial charge in [0, 0.05) is 6.04 Å². The maximum Gasteiger partial charge on any atom is 0.309 e. The van der Waals surface area contributed by atoms with Gasteiger partial charge in [0.1, 0.15) is 5.60 Å². The number of carbonyl (C=O) groups is 1. The highest BCUT2D eigenvalue weighted by molar-refractivity contribution is 5.74. The second-order valence-corrected chi connectivity index (χ2v) is 13.3. The summed E-state index contributed by atoms with van der Waals surface area (Å²) in [4.78, 5) is 13.4. The average molecular weight is 432 g/mol.